The van der Waals surface area contributed by atoms with E-state index in [0.717, 1.165) is 9.87 Å². The highest BCUT2D eigenvalue weighted by Crippen LogP contribution is 2.32. The van der Waals surface area contributed by atoms with E-state index in [0.29, 0.717) is 38.5 Å². The molecule has 0 heterocycles. The highest BCUT2D eigenvalue weighted by atomic mass is 35.5. The summed E-state index contributed by atoms with van der Waals surface area (Å²) in [7, 11) is 0.169. The van der Waals surface area contributed by atoms with Crippen LogP contribution in [0.4, 0.5) is 5.69 Å². The average molecular weight is 659 g/mol. The summed E-state index contributed by atoms with van der Waals surface area (Å²) in [5.74, 6) is 0.863. The summed E-state index contributed by atoms with van der Waals surface area (Å²) in [5, 5.41) is 4.89. The smallest absolute Gasteiger partial charge is 0.264 e. The van der Waals surface area contributed by atoms with Crippen molar-refractivity contribution in [3.63, 3.8) is 0 Å². The van der Waals surface area contributed by atoms with Crippen LogP contribution in [0.3, 0.4) is 0 Å². The molecule has 10 nitrogen and oxygen atoms in total. The van der Waals surface area contributed by atoms with Crippen LogP contribution in [0.2, 0.25) is 10.0 Å². The predicted molar refractivity (Wildman–Crippen MR) is 170 cm³/mol. The van der Waals surface area contributed by atoms with Gasteiger partial charge in [0.2, 0.25) is 0 Å². The van der Waals surface area contributed by atoms with Gasteiger partial charge in [-0.1, -0.05) is 47.5 Å². The lowest BCUT2D eigenvalue weighted by Gasteiger charge is -2.24. The van der Waals surface area contributed by atoms with Gasteiger partial charge in [-0.05, 0) is 65.7 Å². The Morgan fingerprint density at radius 2 is 1.50 bits per heavy atom. The molecule has 13 heteroatoms. The highest BCUT2D eigenvalue weighted by Gasteiger charge is 2.28. The van der Waals surface area contributed by atoms with E-state index in [1.54, 1.807) is 60.7 Å². The number of hydrogen-bond donors (Lipinski definition) is 1. The summed E-state index contributed by atoms with van der Waals surface area (Å²) in [6.07, 6.45) is 1.40. The van der Waals surface area contributed by atoms with E-state index in [2.05, 4.69) is 10.5 Å². The molecule has 4 aromatic carbocycles. The molecule has 0 radical (unpaired) electrons. The van der Waals surface area contributed by atoms with E-state index in [-0.39, 0.29) is 17.3 Å². The van der Waals surface area contributed by atoms with Gasteiger partial charge >= 0.3 is 0 Å². The van der Waals surface area contributed by atoms with Gasteiger partial charge in [0.05, 0.1) is 48.2 Å². The number of anilines is 1. The van der Waals surface area contributed by atoms with Crippen molar-refractivity contribution in [2.45, 2.75) is 11.5 Å². The first-order valence-electron chi connectivity index (χ1n) is 13.0. The van der Waals surface area contributed by atoms with E-state index >= 15 is 0 Å². The number of carbonyl (C=O) groups is 1. The Kier molecular flexibility index (Phi) is 10.9. The summed E-state index contributed by atoms with van der Waals surface area (Å²) < 4.78 is 50.2. The minimum Gasteiger partial charge on any atom is -0.493 e. The van der Waals surface area contributed by atoms with Crippen LogP contribution in [0.5, 0.6) is 23.0 Å². The van der Waals surface area contributed by atoms with Crippen LogP contribution >= 0.6 is 23.2 Å². The zero-order valence-corrected chi connectivity index (χ0v) is 26.3. The Balaban J connectivity index is 1.46. The molecule has 0 saturated heterocycles. The lowest BCUT2D eigenvalue weighted by molar-refractivity contribution is -0.119. The second kappa shape index (κ2) is 14.8. The molecular formula is C31H29Cl2N3O7S. The van der Waals surface area contributed by atoms with Gasteiger partial charge in [-0.3, -0.25) is 9.10 Å². The number of hydrogen-bond acceptors (Lipinski definition) is 8. The third-order valence-corrected chi connectivity index (χ3v) is 8.75. The largest absolute Gasteiger partial charge is 0.493 e. The van der Waals surface area contributed by atoms with Crippen LogP contribution in [-0.2, 0) is 21.4 Å². The molecule has 4 aromatic rings. The number of hydrazone groups is 1. The fourth-order valence-electron chi connectivity index (χ4n) is 4.03. The molecule has 4 rings (SSSR count). The molecule has 0 saturated carbocycles. The second-order valence-corrected chi connectivity index (χ2v) is 11.8. The maximum absolute atomic E-state index is 13.7. The summed E-state index contributed by atoms with van der Waals surface area (Å²) in [5.41, 5.74) is 4.11. The maximum atomic E-state index is 13.7. The van der Waals surface area contributed by atoms with Crippen LogP contribution in [0.25, 0.3) is 0 Å². The molecule has 1 amide bonds. The van der Waals surface area contributed by atoms with Crippen LogP contribution in [0, 0.1) is 0 Å². The number of nitrogens with zero attached hydrogens (tertiary/aromatic N) is 2. The SMILES string of the molecule is COc1ccc(S(=O)(=O)N(CC(=O)N/N=C\c2ccc(OCc3ccc(Cl)c(Cl)c3)c(OC)c2)c2ccccc2)cc1OC. The molecule has 0 bridgehead atoms. The molecule has 0 aromatic heterocycles. The van der Waals surface area contributed by atoms with E-state index in [1.165, 1.54) is 45.7 Å². The molecule has 0 fully saturated rings. The highest BCUT2D eigenvalue weighted by molar-refractivity contribution is 7.92. The lowest BCUT2D eigenvalue weighted by Crippen LogP contribution is -2.39. The van der Waals surface area contributed by atoms with E-state index < -0.39 is 22.5 Å². The molecule has 0 aliphatic carbocycles. The van der Waals surface area contributed by atoms with Crippen molar-refractivity contribution < 1.29 is 32.2 Å². The molecule has 1 N–H and O–H groups in total. The Morgan fingerprint density at radius 3 is 2.18 bits per heavy atom. The van der Waals surface area contributed by atoms with Gasteiger partial charge in [-0.25, -0.2) is 13.8 Å². The predicted octanol–water partition coefficient (Wildman–Crippen LogP) is 5.94. The second-order valence-electron chi connectivity index (χ2n) is 9.10. The summed E-state index contributed by atoms with van der Waals surface area (Å²) in [6, 6.07) is 22.8. The van der Waals surface area contributed by atoms with Crippen LogP contribution in [-0.4, -0.2) is 48.4 Å². The van der Waals surface area contributed by atoms with Crippen molar-refractivity contribution >= 4 is 51.0 Å². The van der Waals surface area contributed by atoms with E-state index in [1.807, 2.05) is 6.07 Å². The third kappa shape index (κ3) is 7.93. The van der Waals surface area contributed by atoms with Gasteiger partial charge in [-0.15, -0.1) is 0 Å². The number of benzene rings is 4. The molecule has 0 atom stereocenters. The topological polar surface area (TPSA) is 116 Å². The van der Waals surface area contributed by atoms with Crippen molar-refractivity contribution in [2.75, 3.05) is 32.2 Å². The molecule has 0 unspecified atom stereocenters. The molecule has 44 heavy (non-hydrogen) atoms. The third-order valence-electron chi connectivity index (χ3n) is 6.24. The average Bonchev–Trinajstić information content (AvgIpc) is 3.04. The zero-order chi connectivity index (χ0) is 31.7. The maximum Gasteiger partial charge on any atom is 0.264 e. The normalized spacial score (nSPS) is 11.2. The summed E-state index contributed by atoms with van der Waals surface area (Å²) >= 11 is 12.1. The Hall–Kier alpha value is -4.45. The monoisotopic (exact) mass is 657 g/mol. The number of halogens is 2. The summed E-state index contributed by atoms with van der Waals surface area (Å²) in [6.45, 7) is -0.302. The Morgan fingerprint density at radius 1 is 0.818 bits per heavy atom. The van der Waals surface area contributed by atoms with Crippen molar-refractivity contribution in [3.05, 3.63) is 106 Å². The minimum absolute atomic E-state index is 0.0798. The van der Waals surface area contributed by atoms with Crippen molar-refractivity contribution in [3.8, 4) is 23.0 Å². The number of methoxy groups -OCH3 is 3. The number of ether oxygens (including phenoxy) is 4. The van der Waals surface area contributed by atoms with Crippen LogP contribution < -0.4 is 28.7 Å². The first-order chi connectivity index (χ1) is 21.2. The number of amides is 1. The van der Waals surface area contributed by atoms with E-state index in [9.17, 15) is 13.2 Å². The standard InChI is InChI=1S/C31H29Cl2N3O7S/c1-40-27-14-11-24(17-30(27)42-3)44(38,39)36(23-7-5-4-6-8-23)19-31(37)35-34-18-21-10-13-28(29(16-21)41-2)43-20-22-9-12-25(32)26(33)15-22/h4-18H,19-20H2,1-3H3,(H,35,37)/b34-18-. The lowest BCUT2D eigenvalue weighted by atomic mass is 10.2. The van der Waals surface area contributed by atoms with Gasteiger partial charge in [0.25, 0.3) is 15.9 Å². The first kappa shape index (κ1) is 32.5. The van der Waals surface area contributed by atoms with E-state index in [4.69, 9.17) is 42.1 Å². The molecule has 230 valence electrons. The Labute approximate surface area is 265 Å². The fourth-order valence-corrected chi connectivity index (χ4v) is 5.79. The summed E-state index contributed by atoms with van der Waals surface area (Å²) in [4.78, 5) is 12.8. The van der Waals surface area contributed by atoms with Crippen LogP contribution in [0.1, 0.15) is 11.1 Å². The molecule has 0 aliphatic rings. The van der Waals surface area contributed by atoms with Gasteiger partial charge in [0.15, 0.2) is 23.0 Å². The quantitative estimate of drug-likeness (QED) is 0.140. The number of sulfonamides is 1. The van der Waals surface area contributed by atoms with Gasteiger partial charge in [0, 0.05) is 6.07 Å². The van der Waals surface area contributed by atoms with Crippen molar-refractivity contribution in [1.82, 2.24) is 5.43 Å². The molecule has 0 spiro atoms. The molecular weight excluding hydrogens is 629 g/mol. The van der Waals surface area contributed by atoms with Gasteiger partial charge in [0.1, 0.15) is 13.2 Å². The Bertz CT molecular complexity index is 1750. The minimum atomic E-state index is -4.19. The zero-order valence-electron chi connectivity index (χ0n) is 24.0. The first-order valence-corrected chi connectivity index (χ1v) is 15.2. The van der Waals surface area contributed by atoms with Gasteiger partial charge < -0.3 is 18.9 Å². The molecule has 0 aliphatic heterocycles. The van der Waals surface area contributed by atoms with Crippen molar-refractivity contribution in [1.29, 1.82) is 0 Å². The van der Waals surface area contributed by atoms with Gasteiger partial charge in [-0.2, -0.15) is 5.10 Å². The number of rotatable bonds is 13. The number of nitrogens with one attached hydrogen (secondary N) is 1. The van der Waals surface area contributed by atoms with Crippen molar-refractivity contribution in [2.24, 2.45) is 5.10 Å². The fraction of sp³-hybridized carbons (Fsp3) is 0.161. The van der Waals surface area contributed by atoms with Crippen LogP contribution in [0.15, 0.2) is 94.9 Å². The number of carbonyl (C=O) groups excluding carboxylic acids is 1. The number of para-hydroxylation sites is 1.